The predicted molar refractivity (Wildman–Crippen MR) is 148 cm³/mol. The first-order valence-corrected chi connectivity index (χ1v) is 13.1. The second-order valence-corrected chi connectivity index (χ2v) is 10.7. The Morgan fingerprint density at radius 3 is 2.38 bits per heavy atom. The molecule has 10 heteroatoms. The summed E-state index contributed by atoms with van der Waals surface area (Å²) in [6, 6.07) is 19.2. The highest BCUT2D eigenvalue weighted by molar-refractivity contribution is 7.22. The van der Waals surface area contributed by atoms with Crippen molar-refractivity contribution >= 4 is 27.5 Å². The lowest BCUT2D eigenvalue weighted by atomic mass is 10.1. The molecule has 0 saturated carbocycles. The van der Waals surface area contributed by atoms with Crippen LogP contribution >= 0.6 is 11.3 Å². The summed E-state index contributed by atoms with van der Waals surface area (Å²) >= 11 is 1.21. The van der Waals surface area contributed by atoms with E-state index in [0.717, 1.165) is 15.7 Å². The number of rotatable bonds is 9. The Bertz CT molecular complexity index is 1740. The number of benzene rings is 2. The first kappa shape index (κ1) is 26.3. The fraction of sp³-hybridized carbons (Fsp3) is 0.241. The highest BCUT2D eigenvalue weighted by Gasteiger charge is 2.36. The lowest BCUT2D eigenvalue weighted by Crippen LogP contribution is -2.52. The maximum absolute atomic E-state index is 14.0. The molecule has 5 aromatic rings. The third-order valence-corrected chi connectivity index (χ3v) is 8.04. The summed E-state index contributed by atoms with van der Waals surface area (Å²) in [7, 11) is 0. The van der Waals surface area contributed by atoms with Gasteiger partial charge in [-0.2, -0.15) is 0 Å². The number of oxazole rings is 1. The molecule has 1 atom stereocenters. The number of fused-ring (bicyclic) bond motifs is 1. The largest absolute Gasteiger partial charge is 0.480 e. The highest BCUT2D eigenvalue weighted by atomic mass is 32.1. The fourth-order valence-electron chi connectivity index (χ4n) is 4.49. The number of nitrogens with zero attached hydrogens (tertiary/aromatic N) is 3. The Morgan fingerprint density at radius 1 is 1.10 bits per heavy atom. The van der Waals surface area contributed by atoms with E-state index < -0.39 is 28.9 Å². The number of aryl methyl sites for hydroxylation is 1. The summed E-state index contributed by atoms with van der Waals surface area (Å²) in [4.78, 5) is 45.1. The molecular weight excluding hydrogens is 518 g/mol. The van der Waals surface area contributed by atoms with Crippen LogP contribution in [0.2, 0.25) is 0 Å². The summed E-state index contributed by atoms with van der Waals surface area (Å²) in [6.07, 6.45) is 2.36. The van der Waals surface area contributed by atoms with E-state index in [1.807, 2.05) is 60.7 Å². The summed E-state index contributed by atoms with van der Waals surface area (Å²) in [5.74, 6) is -0.982. The molecule has 0 fully saturated rings. The summed E-state index contributed by atoms with van der Waals surface area (Å²) in [5.41, 5.74) is -0.839. The van der Waals surface area contributed by atoms with Gasteiger partial charge in [0.05, 0.1) is 29.6 Å². The van der Waals surface area contributed by atoms with Crippen molar-refractivity contribution in [2.75, 3.05) is 0 Å². The van der Waals surface area contributed by atoms with E-state index in [0.29, 0.717) is 27.8 Å². The van der Waals surface area contributed by atoms with Crippen molar-refractivity contribution in [3.8, 4) is 10.8 Å². The van der Waals surface area contributed by atoms with Crippen molar-refractivity contribution in [2.24, 2.45) is 0 Å². The lowest BCUT2D eigenvalue weighted by Gasteiger charge is -2.25. The van der Waals surface area contributed by atoms with Gasteiger partial charge < -0.3 is 14.3 Å². The molecule has 5 rings (SSSR count). The zero-order chi connectivity index (χ0) is 27.7. The highest BCUT2D eigenvalue weighted by Crippen LogP contribution is 2.36. The molecule has 200 valence electrons. The van der Waals surface area contributed by atoms with E-state index >= 15 is 0 Å². The smallest absolute Gasteiger partial charge is 0.333 e. The normalized spacial score (nSPS) is 12.6. The molecule has 1 N–H and O–H groups in total. The minimum Gasteiger partial charge on any atom is -0.480 e. The van der Waals surface area contributed by atoms with Crippen LogP contribution < -0.4 is 11.2 Å². The number of ether oxygens (including phenoxy) is 1. The van der Waals surface area contributed by atoms with Gasteiger partial charge in [-0.15, -0.1) is 11.3 Å². The van der Waals surface area contributed by atoms with Crippen LogP contribution in [0.1, 0.15) is 36.6 Å². The van der Waals surface area contributed by atoms with Crippen LogP contribution in [0.3, 0.4) is 0 Å². The Labute approximate surface area is 227 Å². The molecule has 0 amide bonds. The second-order valence-electron chi connectivity index (χ2n) is 9.67. The van der Waals surface area contributed by atoms with Crippen molar-refractivity contribution in [2.45, 2.75) is 45.6 Å². The van der Waals surface area contributed by atoms with E-state index in [4.69, 9.17) is 9.15 Å². The van der Waals surface area contributed by atoms with E-state index in [1.54, 1.807) is 6.92 Å². The standard InChI is InChI=1S/C29H27N3O6S/c1-18-22-25(33)32(29(2,3)27(34)35)28(36)31(26(22)39-23(18)24-30-14-15-37-24)16-21(20-12-8-5-9-13-20)38-17-19-10-6-4-7-11-19/h4-15,21H,16-17H2,1-3H3,(H,34,35)/t21-/m0/s1. The first-order chi connectivity index (χ1) is 18.7. The molecule has 0 radical (unpaired) electrons. The number of carboxylic acids is 1. The van der Waals surface area contributed by atoms with Crippen molar-refractivity contribution in [3.05, 3.63) is 111 Å². The quantitative estimate of drug-likeness (QED) is 0.278. The summed E-state index contributed by atoms with van der Waals surface area (Å²) < 4.78 is 14.1. The average Bonchev–Trinajstić information content (AvgIpc) is 3.57. The monoisotopic (exact) mass is 545 g/mol. The minimum atomic E-state index is -1.80. The first-order valence-electron chi connectivity index (χ1n) is 12.3. The van der Waals surface area contributed by atoms with Gasteiger partial charge in [-0.1, -0.05) is 60.7 Å². The van der Waals surface area contributed by atoms with Gasteiger partial charge in [0, 0.05) is 0 Å². The molecule has 9 nitrogen and oxygen atoms in total. The second kappa shape index (κ2) is 10.5. The summed E-state index contributed by atoms with van der Waals surface area (Å²) in [6.45, 7) is 4.77. The van der Waals surface area contributed by atoms with Gasteiger partial charge >= 0.3 is 11.7 Å². The van der Waals surface area contributed by atoms with Crippen LogP contribution in [-0.4, -0.2) is 25.2 Å². The Balaban J connectivity index is 1.72. The number of carboxylic acid groups (broad SMARTS) is 1. The molecule has 2 aromatic carbocycles. The molecule has 0 bridgehead atoms. The van der Waals surface area contributed by atoms with E-state index in [1.165, 1.54) is 42.2 Å². The van der Waals surface area contributed by atoms with Gasteiger partial charge in [0.2, 0.25) is 5.89 Å². The van der Waals surface area contributed by atoms with Gasteiger partial charge in [0.15, 0.2) is 0 Å². The Hall–Kier alpha value is -4.28. The number of aliphatic carboxylic acids is 1. The third kappa shape index (κ3) is 4.84. The molecule has 0 aliphatic rings. The van der Waals surface area contributed by atoms with Crippen LogP contribution in [0.25, 0.3) is 21.0 Å². The van der Waals surface area contributed by atoms with Gasteiger partial charge in [-0.25, -0.2) is 19.1 Å². The molecule has 0 spiro atoms. The van der Waals surface area contributed by atoms with Crippen LogP contribution in [-0.2, 0) is 28.2 Å². The molecular formula is C29H27N3O6S. The Morgan fingerprint density at radius 2 is 1.77 bits per heavy atom. The Kier molecular flexibility index (Phi) is 7.07. The average molecular weight is 546 g/mol. The van der Waals surface area contributed by atoms with Crippen molar-refractivity contribution in [3.63, 3.8) is 0 Å². The molecule has 0 aliphatic heterocycles. The topological polar surface area (TPSA) is 117 Å². The number of aromatic nitrogens is 3. The molecule has 0 unspecified atom stereocenters. The third-order valence-electron chi connectivity index (χ3n) is 6.74. The molecule has 3 heterocycles. The maximum atomic E-state index is 14.0. The number of hydrogen-bond acceptors (Lipinski definition) is 7. The van der Waals surface area contributed by atoms with Crippen LogP contribution in [0.4, 0.5) is 0 Å². The van der Waals surface area contributed by atoms with Crippen molar-refractivity contribution in [1.29, 1.82) is 0 Å². The number of carbonyl (C=O) groups is 1. The van der Waals surface area contributed by atoms with Crippen molar-refractivity contribution in [1.82, 2.24) is 14.1 Å². The predicted octanol–water partition coefficient (Wildman–Crippen LogP) is 4.97. The molecule has 3 aromatic heterocycles. The molecule has 39 heavy (non-hydrogen) atoms. The van der Waals surface area contributed by atoms with Crippen LogP contribution in [0.5, 0.6) is 0 Å². The van der Waals surface area contributed by atoms with Gasteiger partial charge in [0.1, 0.15) is 22.7 Å². The van der Waals surface area contributed by atoms with Crippen molar-refractivity contribution < 1.29 is 19.1 Å². The van der Waals surface area contributed by atoms with E-state index in [2.05, 4.69) is 4.98 Å². The zero-order valence-corrected chi connectivity index (χ0v) is 22.5. The van der Waals surface area contributed by atoms with E-state index in [-0.39, 0.29) is 11.9 Å². The maximum Gasteiger partial charge on any atom is 0.333 e. The van der Waals surface area contributed by atoms with Gasteiger partial charge in [-0.05, 0) is 37.5 Å². The van der Waals surface area contributed by atoms with Crippen LogP contribution in [0.15, 0.2) is 87.1 Å². The van der Waals surface area contributed by atoms with E-state index in [9.17, 15) is 19.5 Å². The lowest BCUT2D eigenvalue weighted by molar-refractivity contribution is -0.146. The molecule has 0 saturated heterocycles. The summed E-state index contributed by atoms with van der Waals surface area (Å²) in [5, 5.41) is 10.2. The number of thiophene rings is 1. The number of hydrogen-bond donors (Lipinski definition) is 1. The fourth-order valence-corrected chi connectivity index (χ4v) is 5.74. The molecule has 0 aliphatic carbocycles. The van der Waals surface area contributed by atoms with Crippen LogP contribution in [0, 0.1) is 6.92 Å². The zero-order valence-electron chi connectivity index (χ0n) is 21.7. The SMILES string of the molecule is Cc1c(-c2ncco2)sc2c1c(=O)n(C(C)(C)C(=O)O)c(=O)n2C[C@H](OCc1ccccc1)c1ccccc1. The van der Waals surface area contributed by atoms with Gasteiger partial charge in [0.25, 0.3) is 5.56 Å². The minimum absolute atomic E-state index is 0.0487. The van der Waals surface area contributed by atoms with Gasteiger partial charge in [-0.3, -0.25) is 9.36 Å².